The monoisotopic (exact) mass is 263 g/mol. The highest BCUT2D eigenvalue weighted by atomic mass is 35.5. The smallest absolute Gasteiger partial charge is 0.0992 e. The summed E-state index contributed by atoms with van der Waals surface area (Å²) in [5.41, 5.74) is 7.89. The van der Waals surface area contributed by atoms with Crippen LogP contribution in [0.1, 0.15) is 10.4 Å². The number of rotatable bonds is 3. The summed E-state index contributed by atoms with van der Waals surface area (Å²) in [6.07, 6.45) is 0. The summed E-state index contributed by atoms with van der Waals surface area (Å²) in [6.45, 7) is 0.609. The summed E-state index contributed by atoms with van der Waals surface area (Å²) >= 11 is 7.62. The first-order valence-corrected chi connectivity index (χ1v) is 6.22. The number of nitrogen functional groups attached to an aromatic ring is 1. The van der Waals surface area contributed by atoms with Gasteiger partial charge in [0.1, 0.15) is 0 Å². The van der Waals surface area contributed by atoms with Crippen molar-refractivity contribution in [1.82, 2.24) is 0 Å². The lowest BCUT2D eigenvalue weighted by Crippen LogP contribution is -2.00. The second kappa shape index (κ2) is 5.09. The molecule has 0 atom stereocenters. The summed E-state index contributed by atoms with van der Waals surface area (Å²) in [4.78, 5) is 1.06. The van der Waals surface area contributed by atoms with Gasteiger partial charge in [-0.1, -0.05) is 11.6 Å². The van der Waals surface area contributed by atoms with Crippen molar-refractivity contribution in [2.75, 3.05) is 11.1 Å². The quantitative estimate of drug-likeness (QED) is 0.891. The van der Waals surface area contributed by atoms with Crippen LogP contribution in [0.5, 0.6) is 0 Å². The molecule has 3 nitrogen and oxygen atoms in total. The number of benzene rings is 1. The maximum atomic E-state index is 8.81. The molecule has 1 aromatic heterocycles. The summed E-state index contributed by atoms with van der Waals surface area (Å²) in [5.74, 6) is 0. The molecule has 0 spiro atoms. The van der Waals surface area contributed by atoms with Crippen molar-refractivity contribution in [2.45, 2.75) is 6.54 Å². The molecule has 0 saturated carbocycles. The molecule has 86 valence electrons. The van der Waals surface area contributed by atoms with Crippen LogP contribution >= 0.6 is 22.9 Å². The molecule has 0 aliphatic heterocycles. The Labute approximate surface area is 108 Å². The number of nitrogens with one attached hydrogen (secondary N) is 1. The van der Waals surface area contributed by atoms with Crippen LogP contribution in [0.2, 0.25) is 5.02 Å². The number of hydrogen-bond donors (Lipinski definition) is 2. The molecule has 0 saturated heterocycles. The molecule has 2 aromatic rings. The Morgan fingerprint density at radius 2 is 2.24 bits per heavy atom. The van der Waals surface area contributed by atoms with E-state index in [2.05, 4.69) is 11.4 Å². The molecule has 0 fully saturated rings. The van der Waals surface area contributed by atoms with Gasteiger partial charge >= 0.3 is 0 Å². The van der Waals surface area contributed by atoms with Crippen LogP contribution in [-0.4, -0.2) is 0 Å². The minimum absolute atomic E-state index is 0.580. The number of nitrogens with two attached hydrogens (primary N) is 1. The second-order valence-corrected chi connectivity index (χ2v) is 4.87. The molecule has 1 aromatic carbocycles. The summed E-state index contributed by atoms with van der Waals surface area (Å²) in [7, 11) is 0. The van der Waals surface area contributed by atoms with Gasteiger partial charge in [-0.15, -0.1) is 11.3 Å². The van der Waals surface area contributed by atoms with Gasteiger partial charge in [0.2, 0.25) is 0 Å². The molecule has 3 N–H and O–H groups in total. The summed E-state index contributed by atoms with van der Waals surface area (Å²) in [5, 5.41) is 14.5. The highest BCUT2D eigenvalue weighted by Gasteiger charge is 2.04. The van der Waals surface area contributed by atoms with E-state index in [0.717, 1.165) is 16.3 Å². The van der Waals surface area contributed by atoms with Crippen LogP contribution in [-0.2, 0) is 6.54 Å². The molecule has 1 heterocycles. The molecule has 0 radical (unpaired) electrons. The number of thiophene rings is 1. The number of hydrogen-bond acceptors (Lipinski definition) is 4. The van der Waals surface area contributed by atoms with Gasteiger partial charge in [-0.3, -0.25) is 0 Å². The van der Waals surface area contributed by atoms with E-state index in [4.69, 9.17) is 22.6 Å². The van der Waals surface area contributed by atoms with Gasteiger partial charge in [0.15, 0.2) is 0 Å². The van der Waals surface area contributed by atoms with Crippen LogP contribution in [0.25, 0.3) is 0 Å². The maximum Gasteiger partial charge on any atom is 0.0992 e. The largest absolute Gasteiger partial charge is 0.398 e. The second-order valence-electron chi connectivity index (χ2n) is 3.46. The minimum Gasteiger partial charge on any atom is -0.398 e. The molecule has 0 aliphatic carbocycles. The predicted molar refractivity (Wildman–Crippen MR) is 72.2 cm³/mol. The fraction of sp³-hybridized carbons (Fsp3) is 0.0833. The molecule has 2 rings (SSSR count). The Morgan fingerprint density at radius 1 is 1.41 bits per heavy atom. The maximum absolute atomic E-state index is 8.81. The van der Waals surface area contributed by atoms with Crippen molar-refractivity contribution in [3.05, 3.63) is 45.1 Å². The average molecular weight is 264 g/mol. The lowest BCUT2D eigenvalue weighted by atomic mass is 10.2. The predicted octanol–water partition coefficient (Wildman–Crippen LogP) is 3.47. The first-order valence-electron chi connectivity index (χ1n) is 4.96. The summed E-state index contributed by atoms with van der Waals surface area (Å²) in [6, 6.07) is 9.07. The molecular weight excluding hydrogens is 254 g/mol. The van der Waals surface area contributed by atoms with Gasteiger partial charge in [-0.05, 0) is 29.6 Å². The zero-order valence-corrected chi connectivity index (χ0v) is 10.5. The lowest BCUT2D eigenvalue weighted by molar-refractivity contribution is 1.19. The van der Waals surface area contributed by atoms with E-state index in [1.165, 1.54) is 0 Å². The third kappa shape index (κ3) is 2.70. The van der Waals surface area contributed by atoms with E-state index in [-0.39, 0.29) is 0 Å². The SMILES string of the molecule is N#Cc1ccc(Cl)c(NCc2sccc2N)c1. The Hall–Kier alpha value is -1.70. The van der Waals surface area contributed by atoms with Crippen molar-refractivity contribution in [3.8, 4) is 6.07 Å². The van der Waals surface area contributed by atoms with Gasteiger partial charge in [0.05, 0.1) is 28.9 Å². The van der Waals surface area contributed by atoms with E-state index in [0.29, 0.717) is 17.1 Å². The molecule has 0 unspecified atom stereocenters. The van der Waals surface area contributed by atoms with Crippen molar-refractivity contribution in [1.29, 1.82) is 5.26 Å². The van der Waals surface area contributed by atoms with Crippen LogP contribution in [0.4, 0.5) is 11.4 Å². The summed E-state index contributed by atoms with van der Waals surface area (Å²) < 4.78 is 0. The van der Waals surface area contributed by atoms with Crippen molar-refractivity contribution < 1.29 is 0 Å². The van der Waals surface area contributed by atoms with E-state index in [9.17, 15) is 0 Å². The Kier molecular flexibility index (Phi) is 3.52. The molecule has 5 heteroatoms. The van der Waals surface area contributed by atoms with Crippen LogP contribution in [0.3, 0.4) is 0 Å². The van der Waals surface area contributed by atoms with Crippen molar-refractivity contribution in [2.24, 2.45) is 0 Å². The highest BCUT2D eigenvalue weighted by molar-refractivity contribution is 7.10. The van der Waals surface area contributed by atoms with Crippen molar-refractivity contribution >= 4 is 34.3 Å². The van der Waals surface area contributed by atoms with E-state index in [1.807, 2.05) is 11.4 Å². The van der Waals surface area contributed by atoms with E-state index < -0.39 is 0 Å². The Balaban J connectivity index is 2.14. The Morgan fingerprint density at radius 3 is 2.88 bits per heavy atom. The molecular formula is C12H10ClN3S. The minimum atomic E-state index is 0.580. The normalized spacial score (nSPS) is 9.88. The van der Waals surface area contributed by atoms with Gasteiger partial charge in [-0.25, -0.2) is 0 Å². The van der Waals surface area contributed by atoms with Gasteiger partial charge in [-0.2, -0.15) is 5.26 Å². The van der Waals surface area contributed by atoms with Crippen molar-refractivity contribution in [3.63, 3.8) is 0 Å². The standard InChI is InChI=1S/C12H10ClN3S/c13-9-2-1-8(6-14)5-11(9)16-7-12-10(15)3-4-17-12/h1-5,16H,7,15H2. The first kappa shape index (κ1) is 11.8. The van der Waals surface area contributed by atoms with Gasteiger partial charge in [0.25, 0.3) is 0 Å². The van der Waals surface area contributed by atoms with E-state index in [1.54, 1.807) is 29.5 Å². The lowest BCUT2D eigenvalue weighted by Gasteiger charge is -2.08. The fourth-order valence-electron chi connectivity index (χ4n) is 1.40. The van der Waals surface area contributed by atoms with Crippen LogP contribution < -0.4 is 11.1 Å². The third-order valence-electron chi connectivity index (χ3n) is 2.31. The number of halogens is 1. The molecule has 17 heavy (non-hydrogen) atoms. The number of anilines is 2. The van der Waals surface area contributed by atoms with Crippen LogP contribution in [0.15, 0.2) is 29.6 Å². The highest BCUT2D eigenvalue weighted by Crippen LogP contribution is 2.25. The van der Waals surface area contributed by atoms with Crippen LogP contribution in [0, 0.1) is 11.3 Å². The zero-order chi connectivity index (χ0) is 12.3. The zero-order valence-electron chi connectivity index (χ0n) is 8.90. The van der Waals surface area contributed by atoms with E-state index >= 15 is 0 Å². The number of nitrogens with zero attached hydrogens (tertiary/aromatic N) is 1. The average Bonchev–Trinajstić information content (AvgIpc) is 2.74. The number of nitriles is 1. The Bertz CT molecular complexity index is 571. The first-order chi connectivity index (χ1) is 8.20. The van der Waals surface area contributed by atoms with Gasteiger partial charge < -0.3 is 11.1 Å². The molecule has 0 bridgehead atoms. The third-order valence-corrected chi connectivity index (χ3v) is 3.58. The molecule has 0 amide bonds. The fourth-order valence-corrected chi connectivity index (χ4v) is 2.32. The molecule has 0 aliphatic rings. The topological polar surface area (TPSA) is 61.8 Å². The van der Waals surface area contributed by atoms with Gasteiger partial charge in [0, 0.05) is 10.6 Å².